The molecule has 2 heterocycles. The fourth-order valence-electron chi connectivity index (χ4n) is 7.64. The minimum absolute atomic E-state index is 0.867. The molecule has 3 nitrogen and oxygen atoms in total. The van der Waals surface area contributed by atoms with Gasteiger partial charge in [-0.2, -0.15) is 0 Å². The average Bonchev–Trinajstić information content (AvgIpc) is 3.55. The Hall–Kier alpha value is -6.84. The number of fused-ring (bicyclic) bond motifs is 5. The molecular weight excluding hydrogens is 621 g/mol. The van der Waals surface area contributed by atoms with Crippen LogP contribution in [0.5, 0.6) is 11.5 Å². The van der Waals surface area contributed by atoms with E-state index in [1.54, 1.807) is 0 Å². The van der Waals surface area contributed by atoms with Crippen LogP contribution in [-0.2, 0) is 0 Å². The Bertz CT molecular complexity index is 2640. The Balaban J connectivity index is 1.15. The van der Waals surface area contributed by atoms with Gasteiger partial charge < -0.3 is 14.2 Å². The van der Waals surface area contributed by atoms with Crippen LogP contribution in [0, 0.1) is 0 Å². The molecule has 0 aliphatic carbocycles. The average molecular weight is 653 g/mol. The van der Waals surface area contributed by atoms with E-state index in [1.165, 1.54) is 44.1 Å². The number of anilines is 3. The first-order chi connectivity index (χ1) is 25.3. The van der Waals surface area contributed by atoms with Gasteiger partial charge in [0.1, 0.15) is 0 Å². The summed E-state index contributed by atoms with van der Waals surface area (Å²) in [4.78, 5) is 2.36. The summed E-state index contributed by atoms with van der Waals surface area (Å²) in [5.41, 5.74) is 13.7. The van der Waals surface area contributed by atoms with Crippen molar-refractivity contribution in [2.75, 3.05) is 4.90 Å². The summed E-state index contributed by atoms with van der Waals surface area (Å²) < 4.78 is 8.79. The lowest BCUT2D eigenvalue weighted by molar-refractivity contribution is 0.476. The van der Waals surface area contributed by atoms with Gasteiger partial charge in [-0.1, -0.05) is 133 Å². The summed E-state index contributed by atoms with van der Waals surface area (Å²) in [7, 11) is 0. The van der Waals surface area contributed by atoms with Gasteiger partial charge in [0.2, 0.25) is 0 Å². The number of ether oxygens (including phenoxy) is 1. The molecule has 8 aromatic carbocycles. The molecule has 0 amide bonds. The first kappa shape index (κ1) is 29.1. The molecule has 0 saturated heterocycles. The second-order valence-electron chi connectivity index (χ2n) is 13.0. The zero-order valence-electron chi connectivity index (χ0n) is 27.8. The predicted molar refractivity (Wildman–Crippen MR) is 212 cm³/mol. The van der Waals surface area contributed by atoms with E-state index in [9.17, 15) is 0 Å². The largest absolute Gasteiger partial charge is 0.453 e. The molecule has 0 bridgehead atoms. The normalized spacial score (nSPS) is 11.7. The van der Waals surface area contributed by atoms with E-state index in [-0.39, 0.29) is 0 Å². The van der Waals surface area contributed by atoms with Gasteiger partial charge in [0.25, 0.3) is 0 Å². The molecule has 0 saturated carbocycles. The number of nitrogens with zero attached hydrogens (tertiary/aromatic N) is 2. The highest BCUT2D eigenvalue weighted by molar-refractivity contribution is 6.16. The van der Waals surface area contributed by atoms with Crippen LogP contribution in [0.25, 0.3) is 60.9 Å². The zero-order valence-corrected chi connectivity index (χ0v) is 27.8. The van der Waals surface area contributed by atoms with Gasteiger partial charge in [0.05, 0.1) is 16.7 Å². The lowest BCUT2D eigenvalue weighted by Gasteiger charge is -2.27. The summed E-state index contributed by atoms with van der Waals surface area (Å²) in [6.07, 6.45) is 0. The molecule has 0 radical (unpaired) electrons. The van der Waals surface area contributed by atoms with E-state index in [2.05, 4.69) is 198 Å². The van der Waals surface area contributed by atoms with E-state index < -0.39 is 0 Å². The van der Waals surface area contributed by atoms with E-state index in [0.717, 1.165) is 45.3 Å². The third-order valence-electron chi connectivity index (χ3n) is 9.94. The van der Waals surface area contributed by atoms with Crippen LogP contribution >= 0.6 is 0 Å². The van der Waals surface area contributed by atoms with Gasteiger partial charge >= 0.3 is 0 Å². The molecule has 1 aromatic heterocycles. The zero-order chi connectivity index (χ0) is 33.7. The lowest BCUT2D eigenvalue weighted by atomic mass is 9.97. The van der Waals surface area contributed by atoms with Crippen LogP contribution in [0.4, 0.5) is 17.1 Å². The maximum Gasteiger partial charge on any atom is 0.152 e. The Morgan fingerprint density at radius 1 is 0.353 bits per heavy atom. The van der Waals surface area contributed by atoms with Crippen LogP contribution in [0.15, 0.2) is 194 Å². The third kappa shape index (κ3) is 4.90. The number of hydrogen-bond donors (Lipinski definition) is 0. The number of benzene rings is 8. The van der Waals surface area contributed by atoms with Crippen LogP contribution < -0.4 is 9.64 Å². The summed E-state index contributed by atoms with van der Waals surface area (Å²) in [6, 6.07) is 69.2. The molecule has 0 spiro atoms. The molecule has 1 aliphatic rings. The number of para-hydroxylation sites is 5. The van der Waals surface area contributed by atoms with Crippen molar-refractivity contribution in [1.29, 1.82) is 0 Å². The number of aromatic nitrogens is 1. The second-order valence-corrected chi connectivity index (χ2v) is 13.0. The molecule has 0 fully saturated rings. The summed E-state index contributed by atoms with van der Waals surface area (Å²) in [5.74, 6) is 1.75. The highest BCUT2D eigenvalue weighted by atomic mass is 16.5. The molecular formula is C48H32N2O. The Morgan fingerprint density at radius 3 is 1.59 bits per heavy atom. The van der Waals surface area contributed by atoms with Gasteiger partial charge in [0.15, 0.2) is 11.5 Å². The van der Waals surface area contributed by atoms with Crippen molar-refractivity contribution < 1.29 is 4.74 Å². The van der Waals surface area contributed by atoms with Gasteiger partial charge in [-0.3, -0.25) is 0 Å². The maximum absolute atomic E-state index is 6.40. The van der Waals surface area contributed by atoms with E-state index in [0.29, 0.717) is 0 Å². The van der Waals surface area contributed by atoms with E-state index in [1.807, 2.05) is 6.07 Å². The van der Waals surface area contributed by atoms with Gasteiger partial charge in [-0.25, -0.2) is 0 Å². The molecule has 1 aliphatic heterocycles. The number of hydrogen-bond acceptors (Lipinski definition) is 2. The van der Waals surface area contributed by atoms with E-state index >= 15 is 0 Å². The second kappa shape index (κ2) is 11.9. The molecule has 9 aromatic rings. The van der Waals surface area contributed by atoms with Crippen LogP contribution in [0.3, 0.4) is 0 Å². The van der Waals surface area contributed by atoms with Gasteiger partial charge in [-0.15, -0.1) is 0 Å². The van der Waals surface area contributed by atoms with Gasteiger partial charge in [-0.05, 0) is 88.5 Å². The minimum Gasteiger partial charge on any atom is -0.453 e. The highest BCUT2D eigenvalue weighted by Crippen LogP contribution is 2.48. The standard InChI is InChI=1S/C48H32N2O/c1-4-14-33(15-5-1)36-30-37(34-16-6-2-7-17-34)32-40(31-36)49(38-18-8-3-9-19-38)39-28-26-35(27-29-39)41-20-12-21-42-43-22-13-25-46-48(43)50(47(41)42)44-23-10-11-24-45(44)51-46/h1-32H. The van der Waals surface area contributed by atoms with E-state index in [4.69, 9.17) is 4.74 Å². The smallest absolute Gasteiger partial charge is 0.152 e. The first-order valence-corrected chi connectivity index (χ1v) is 17.4. The van der Waals surface area contributed by atoms with Crippen molar-refractivity contribution in [3.05, 3.63) is 194 Å². The Kier molecular flexibility index (Phi) is 6.81. The highest BCUT2D eigenvalue weighted by Gasteiger charge is 2.25. The van der Waals surface area contributed by atoms with Crippen molar-refractivity contribution in [3.8, 4) is 50.6 Å². The number of rotatable bonds is 6. The van der Waals surface area contributed by atoms with Crippen molar-refractivity contribution in [1.82, 2.24) is 4.57 Å². The summed E-state index contributed by atoms with van der Waals surface area (Å²) in [6.45, 7) is 0. The maximum atomic E-state index is 6.40. The Morgan fingerprint density at radius 2 is 0.902 bits per heavy atom. The molecule has 3 heteroatoms. The quantitative estimate of drug-likeness (QED) is 0.178. The topological polar surface area (TPSA) is 17.4 Å². The first-order valence-electron chi connectivity index (χ1n) is 17.4. The molecule has 51 heavy (non-hydrogen) atoms. The van der Waals surface area contributed by atoms with Crippen LogP contribution in [0.1, 0.15) is 0 Å². The van der Waals surface area contributed by atoms with Crippen LogP contribution in [0.2, 0.25) is 0 Å². The third-order valence-corrected chi connectivity index (χ3v) is 9.94. The molecule has 0 unspecified atom stereocenters. The molecule has 0 N–H and O–H groups in total. The van der Waals surface area contributed by atoms with Crippen molar-refractivity contribution in [2.24, 2.45) is 0 Å². The molecule has 240 valence electrons. The van der Waals surface area contributed by atoms with Crippen LogP contribution in [-0.4, -0.2) is 4.57 Å². The minimum atomic E-state index is 0.867. The van der Waals surface area contributed by atoms with Crippen molar-refractivity contribution >= 4 is 38.9 Å². The summed E-state index contributed by atoms with van der Waals surface area (Å²) in [5, 5.41) is 2.41. The van der Waals surface area contributed by atoms with Gasteiger partial charge in [0, 0.05) is 33.4 Å². The Labute approximate surface area is 296 Å². The molecule has 10 rings (SSSR count). The lowest BCUT2D eigenvalue weighted by Crippen LogP contribution is -2.10. The van der Waals surface area contributed by atoms with Crippen molar-refractivity contribution in [3.63, 3.8) is 0 Å². The fraction of sp³-hybridized carbons (Fsp3) is 0. The predicted octanol–water partition coefficient (Wildman–Crippen LogP) is 13.4. The summed E-state index contributed by atoms with van der Waals surface area (Å²) >= 11 is 0. The fourth-order valence-corrected chi connectivity index (χ4v) is 7.64. The van der Waals surface area contributed by atoms with Crippen molar-refractivity contribution in [2.45, 2.75) is 0 Å². The monoisotopic (exact) mass is 652 g/mol. The molecule has 0 atom stereocenters. The SMILES string of the molecule is c1ccc(-c2cc(-c3ccccc3)cc(N(c3ccccc3)c3ccc(-c4cccc5c6cccc7c6n(c45)-c4ccccc4O7)cc3)c2)cc1.